The summed E-state index contributed by atoms with van der Waals surface area (Å²) in [4.78, 5) is 39.8. The van der Waals surface area contributed by atoms with Crippen LogP contribution in [0.25, 0.3) is 0 Å². The molecule has 7 nitrogen and oxygen atoms in total. The van der Waals surface area contributed by atoms with Crippen LogP contribution in [0.5, 0.6) is 0 Å². The molecule has 1 aliphatic rings. The molecule has 2 heterocycles. The standard InChI is InChI=1S/C15H23N3O4/c1-4-11-9-18(6-5-15(11,2)22)12(19)7-10-8-16-14(21)17(3)13(10)20/h8,11,22H,4-7,9H2,1-3H3,(H,16,21)/t11-,15+/m0/s1. The van der Waals surface area contributed by atoms with E-state index in [1.54, 1.807) is 11.8 Å². The summed E-state index contributed by atoms with van der Waals surface area (Å²) in [5, 5.41) is 10.3. The van der Waals surface area contributed by atoms with Crippen molar-refractivity contribution >= 4 is 5.91 Å². The van der Waals surface area contributed by atoms with Gasteiger partial charge in [-0.3, -0.25) is 14.2 Å². The predicted octanol–water partition coefficient (Wildman–Crippen LogP) is -0.374. The van der Waals surface area contributed by atoms with E-state index in [1.807, 2.05) is 6.92 Å². The molecule has 0 spiro atoms. The number of nitrogens with one attached hydrogen (secondary N) is 1. The molecule has 2 atom stereocenters. The molecule has 1 amide bonds. The van der Waals surface area contributed by atoms with Crippen LogP contribution in [0.2, 0.25) is 0 Å². The topological polar surface area (TPSA) is 95.4 Å². The van der Waals surface area contributed by atoms with Crippen LogP contribution in [-0.4, -0.2) is 44.2 Å². The smallest absolute Gasteiger partial charge is 0.328 e. The van der Waals surface area contributed by atoms with Gasteiger partial charge in [0.25, 0.3) is 5.56 Å². The van der Waals surface area contributed by atoms with E-state index < -0.39 is 16.9 Å². The van der Waals surface area contributed by atoms with Gasteiger partial charge >= 0.3 is 5.69 Å². The zero-order valence-electron chi connectivity index (χ0n) is 13.3. The van der Waals surface area contributed by atoms with Gasteiger partial charge in [0.2, 0.25) is 5.91 Å². The first-order valence-electron chi connectivity index (χ1n) is 7.54. The van der Waals surface area contributed by atoms with E-state index in [2.05, 4.69) is 4.98 Å². The number of aromatic amines is 1. The van der Waals surface area contributed by atoms with Gasteiger partial charge < -0.3 is 15.0 Å². The van der Waals surface area contributed by atoms with Crippen LogP contribution in [0.4, 0.5) is 0 Å². The molecule has 122 valence electrons. The highest BCUT2D eigenvalue weighted by molar-refractivity contribution is 5.78. The molecule has 0 saturated carbocycles. The van der Waals surface area contributed by atoms with Gasteiger partial charge in [-0.2, -0.15) is 0 Å². The summed E-state index contributed by atoms with van der Waals surface area (Å²) in [5.74, 6) is -0.123. The van der Waals surface area contributed by atoms with Crippen molar-refractivity contribution in [1.82, 2.24) is 14.5 Å². The van der Waals surface area contributed by atoms with Crippen molar-refractivity contribution < 1.29 is 9.90 Å². The summed E-state index contributed by atoms with van der Waals surface area (Å²) in [6.07, 6.45) is 2.58. The second kappa shape index (κ2) is 6.08. The number of rotatable bonds is 3. The molecule has 1 aromatic heterocycles. The lowest BCUT2D eigenvalue weighted by Gasteiger charge is -2.42. The Morgan fingerprint density at radius 1 is 1.50 bits per heavy atom. The number of hydrogen-bond donors (Lipinski definition) is 2. The fourth-order valence-electron chi connectivity index (χ4n) is 2.93. The van der Waals surface area contributed by atoms with E-state index in [0.717, 1.165) is 11.0 Å². The number of H-pyrrole nitrogens is 1. The van der Waals surface area contributed by atoms with Gasteiger partial charge in [0.05, 0.1) is 12.0 Å². The first kappa shape index (κ1) is 16.5. The number of carbonyl (C=O) groups excluding carboxylic acids is 1. The SMILES string of the molecule is CC[C@H]1CN(C(=O)Cc2c[nH]c(=O)n(C)c2=O)CC[C@@]1(C)O. The monoisotopic (exact) mass is 309 g/mol. The fraction of sp³-hybridized carbons (Fsp3) is 0.667. The van der Waals surface area contributed by atoms with Gasteiger partial charge in [-0.1, -0.05) is 6.92 Å². The molecule has 1 fully saturated rings. The van der Waals surface area contributed by atoms with Crippen LogP contribution in [0, 0.1) is 5.92 Å². The summed E-state index contributed by atoms with van der Waals surface area (Å²) in [7, 11) is 1.38. The van der Waals surface area contributed by atoms with Gasteiger partial charge in [0, 0.05) is 37.8 Å². The van der Waals surface area contributed by atoms with Gasteiger partial charge in [-0.25, -0.2) is 4.79 Å². The van der Waals surface area contributed by atoms with Crippen LogP contribution in [0.3, 0.4) is 0 Å². The summed E-state index contributed by atoms with van der Waals surface area (Å²) in [5.41, 5.74) is -1.42. The minimum atomic E-state index is -0.750. The molecule has 7 heteroatoms. The van der Waals surface area contributed by atoms with E-state index in [4.69, 9.17) is 0 Å². The van der Waals surface area contributed by atoms with E-state index in [-0.39, 0.29) is 23.8 Å². The highest BCUT2D eigenvalue weighted by Crippen LogP contribution is 2.30. The lowest BCUT2D eigenvalue weighted by molar-refractivity contribution is -0.138. The Morgan fingerprint density at radius 3 is 2.82 bits per heavy atom. The Bertz CT molecular complexity index is 674. The lowest BCUT2D eigenvalue weighted by Crippen LogP contribution is -2.52. The van der Waals surface area contributed by atoms with Crippen molar-refractivity contribution in [3.05, 3.63) is 32.6 Å². The van der Waals surface area contributed by atoms with E-state index in [0.29, 0.717) is 19.5 Å². The number of carbonyl (C=O) groups is 1. The third-order valence-corrected chi connectivity index (χ3v) is 4.65. The number of aliphatic hydroxyl groups is 1. The number of likely N-dealkylation sites (tertiary alicyclic amines) is 1. The minimum Gasteiger partial charge on any atom is -0.390 e. The molecule has 1 aliphatic heterocycles. The van der Waals surface area contributed by atoms with Crippen LogP contribution in [0.15, 0.2) is 15.8 Å². The largest absolute Gasteiger partial charge is 0.390 e. The number of nitrogens with zero attached hydrogens (tertiary/aromatic N) is 2. The van der Waals surface area contributed by atoms with Crippen molar-refractivity contribution in [2.45, 2.75) is 38.7 Å². The fourth-order valence-corrected chi connectivity index (χ4v) is 2.93. The Balaban J connectivity index is 2.12. The van der Waals surface area contributed by atoms with Gasteiger partial charge in [0.15, 0.2) is 0 Å². The molecule has 0 aliphatic carbocycles. The molecular formula is C15H23N3O4. The molecule has 0 aromatic carbocycles. The lowest BCUT2D eigenvalue weighted by atomic mass is 9.81. The molecule has 2 N–H and O–H groups in total. The highest BCUT2D eigenvalue weighted by atomic mass is 16.3. The third-order valence-electron chi connectivity index (χ3n) is 4.65. The third kappa shape index (κ3) is 3.14. The zero-order valence-corrected chi connectivity index (χ0v) is 13.3. The molecule has 2 rings (SSSR count). The maximum Gasteiger partial charge on any atom is 0.328 e. The maximum atomic E-state index is 12.4. The molecule has 1 aromatic rings. The molecule has 0 unspecified atom stereocenters. The van der Waals surface area contributed by atoms with Gasteiger partial charge in [0.1, 0.15) is 0 Å². The predicted molar refractivity (Wildman–Crippen MR) is 81.6 cm³/mol. The average molecular weight is 309 g/mol. The molecule has 0 bridgehead atoms. The summed E-state index contributed by atoms with van der Waals surface area (Å²) >= 11 is 0. The second-order valence-electron chi connectivity index (χ2n) is 6.21. The zero-order chi connectivity index (χ0) is 16.5. The van der Waals surface area contributed by atoms with E-state index >= 15 is 0 Å². The van der Waals surface area contributed by atoms with Gasteiger partial charge in [-0.05, 0) is 19.8 Å². The second-order valence-corrected chi connectivity index (χ2v) is 6.21. The normalized spacial score (nSPS) is 25.3. The molecule has 1 saturated heterocycles. The quantitative estimate of drug-likeness (QED) is 0.796. The van der Waals surface area contributed by atoms with Crippen LogP contribution >= 0.6 is 0 Å². The maximum absolute atomic E-state index is 12.4. The van der Waals surface area contributed by atoms with Crippen molar-refractivity contribution in [2.24, 2.45) is 13.0 Å². The molecule has 0 radical (unpaired) electrons. The Labute approximate surface area is 128 Å². The van der Waals surface area contributed by atoms with Crippen molar-refractivity contribution in [3.8, 4) is 0 Å². The highest BCUT2D eigenvalue weighted by Gasteiger charge is 2.37. The summed E-state index contributed by atoms with van der Waals surface area (Å²) in [6, 6.07) is 0. The molecule has 22 heavy (non-hydrogen) atoms. The van der Waals surface area contributed by atoms with Crippen LogP contribution in [-0.2, 0) is 18.3 Å². The first-order chi connectivity index (χ1) is 10.3. The van der Waals surface area contributed by atoms with Crippen LogP contribution in [0.1, 0.15) is 32.3 Å². The van der Waals surface area contributed by atoms with Crippen molar-refractivity contribution in [3.63, 3.8) is 0 Å². The number of hydrogen-bond acceptors (Lipinski definition) is 4. The van der Waals surface area contributed by atoms with Gasteiger partial charge in [-0.15, -0.1) is 0 Å². The Hall–Kier alpha value is -1.89. The molecular weight excluding hydrogens is 286 g/mol. The van der Waals surface area contributed by atoms with Crippen molar-refractivity contribution in [2.75, 3.05) is 13.1 Å². The van der Waals surface area contributed by atoms with E-state index in [9.17, 15) is 19.5 Å². The summed E-state index contributed by atoms with van der Waals surface area (Å²) < 4.78 is 0.957. The summed E-state index contributed by atoms with van der Waals surface area (Å²) in [6.45, 7) is 4.77. The van der Waals surface area contributed by atoms with Crippen molar-refractivity contribution in [1.29, 1.82) is 0 Å². The first-order valence-corrected chi connectivity index (χ1v) is 7.54. The minimum absolute atomic E-state index is 0.0311. The Morgan fingerprint density at radius 2 is 2.18 bits per heavy atom. The number of aromatic nitrogens is 2. The Kier molecular flexibility index (Phi) is 4.55. The average Bonchev–Trinajstić information content (AvgIpc) is 2.47. The number of amides is 1. The number of piperidine rings is 1. The van der Waals surface area contributed by atoms with E-state index in [1.165, 1.54) is 13.2 Å². The van der Waals surface area contributed by atoms with Crippen LogP contribution < -0.4 is 11.2 Å².